The van der Waals surface area contributed by atoms with Crippen LogP contribution in [-0.4, -0.2) is 52.8 Å². The zero-order valence-corrected chi connectivity index (χ0v) is 14.9. The Labute approximate surface area is 148 Å². The van der Waals surface area contributed by atoms with Crippen molar-refractivity contribution in [1.29, 1.82) is 0 Å². The molecule has 1 aliphatic rings. The molecule has 1 aromatic carbocycles. The van der Waals surface area contributed by atoms with Gasteiger partial charge >= 0.3 is 5.97 Å². The number of aliphatic carboxylic acids is 1. The molecule has 6 nitrogen and oxygen atoms in total. The lowest BCUT2D eigenvalue weighted by Gasteiger charge is -2.43. The van der Waals surface area contributed by atoms with Crippen molar-refractivity contribution < 1.29 is 24.5 Å². The summed E-state index contributed by atoms with van der Waals surface area (Å²) in [6.45, 7) is 4.73. The van der Waals surface area contributed by atoms with E-state index in [-0.39, 0.29) is 18.9 Å². The van der Waals surface area contributed by atoms with Crippen LogP contribution >= 0.6 is 0 Å². The first-order chi connectivity index (χ1) is 12.0. The standard InChI is InChI=1S/C19H27NO5/c1-3-10-19(18(23)24)13-20(11-9-16(19)21)17(22)14-7-5-6-8-15(14)25-12-4-2/h5-8,16,21H,3-4,9-13H2,1-2H3,(H,23,24)/t16-,19-/m1/s1. The molecule has 0 spiro atoms. The van der Waals surface area contributed by atoms with Gasteiger partial charge in [-0.25, -0.2) is 0 Å². The van der Waals surface area contributed by atoms with Crippen molar-refractivity contribution >= 4 is 11.9 Å². The summed E-state index contributed by atoms with van der Waals surface area (Å²) < 4.78 is 5.65. The Bertz CT molecular complexity index is 618. The number of carboxylic acid groups (broad SMARTS) is 1. The Morgan fingerprint density at radius 1 is 1.28 bits per heavy atom. The van der Waals surface area contributed by atoms with E-state index in [1.807, 2.05) is 13.8 Å². The summed E-state index contributed by atoms with van der Waals surface area (Å²) in [4.78, 5) is 26.4. The second kappa shape index (κ2) is 8.34. The van der Waals surface area contributed by atoms with Gasteiger partial charge in [-0.3, -0.25) is 9.59 Å². The molecular weight excluding hydrogens is 322 g/mol. The molecule has 138 valence electrons. The highest BCUT2D eigenvalue weighted by atomic mass is 16.5. The molecule has 1 heterocycles. The molecule has 0 unspecified atom stereocenters. The van der Waals surface area contributed by atoms with Crippen LogP contribution in [0.2, 0.25) is 0 Å². The second-order valence-corrected chi connectivity index (χ2v) is 6.59. The van der Waals surface area contributed by atoms with Crippen molar-refractivity contribution in [2.45, 2.75) is 45.6 Å². The second-order valence-electron chi connectivity index (χ2n) is 6.59. The number of para-hydroxylation sites is 1. The molecule has 0 aromatic heterocycles. The lowest BCUT2D eigenvalue weighted by Crippen LogP contribution is -2.57. The first-order valence-corrected chi connectivity index (χ1v) is 8.88. The van der Waals surface area contributed by atoms with Crippen LogP contribution in [0.25, 0.3) is 0 Å². The molecule has 0 aliphatic carbocycles. The van der Waals surface area contributed by atoms with Gasteiger partial charge in [0.05, 0.1) is 18.3 Å². The number of rotatable bonds is 7. The molecule has 6 heteroatoms. The van der Waals surface area contributed by atoms with Crippen LogP contribution in [0.3, 0.4) is 0 Å². The fraction of sp³-hybridized carbons (Fsp3) is 0.579. The number of carbonyl (C=O) groups excluding carboxylic acids is 1. The van der Waals surface area contributed by atoms with Crippen molar-refractivity contribution in [1.82, 2.24) is 4.90 Å². The molecule has 25 heavy (non-hydrogen) atoms. The van der Waals surface area contributed by atoms with Crippen molar-refractivity contribution in [2.24, 2.45) is 5.41 Å². The number of amides is 1. The predicted octanol–water partition coefficient (Wildman–Crippen LogP) is 2.55. The van der Waals surface area contributed by atoms with Crippen molar-refractivity contribution in [2.75, 3.05) is 19.7 Å². The highest BCUT2D eigenvalue weighted by molar-refractivity contribution is 5.97. The molecule has 1 aliphatic heterocycles. The Hall–Kier alpha value is -2.08. The van der Waals surface area contributed by atoms with E-state index in [0.717, 1.165) is 6.42 Å². The van der Waals surface area contributed by atoms with Crippen LogP contribution in [0.5, 0.6) is 5.75 Å². The lowest BCUT2D eigenvalue weighted by atomic mass is 9.74. The molecule has 1 saturated heterocycles. The molecule has 0 saturated carbocycles. The van der Waals surface area contributed by atoms with Gasteiger partial charge in [-0.1, -0.05) is 32.4 Å². The first-order valence-electron chi connectivity index (χ1n) is 8.88. The molecule has 0 radical (unpaired) electrons. The minimum absolute atomic E-state index is 0.0122. The number of benzene rings is 1. The summed E-state index contributed by atoms with van der Waals surface area (Å²) in [6, 6.07) is 7.01. The summed E-state index contributed by atoms with van der Waals surface area (Å²) in [7, 11) is 0. The van der Waals surface area contributed by atoms with E-state index in [0.29, 0.717) is 37.3 Å². The van der Waals surface area contributed by atoms with E-state index >= 15 is 0 Å². The number of carboxylic acids is 1. The van der Waals surface area contributed by atoms with E-state index in [4.69, 9.17) is 4.74 Å². The van der Waals surface area contributed by atoms with E-state index in [2.05, 4.69) is 0 Å². The molecule has 0 bridgehead atoms. The monoisotopic (exact) mass is 349 g/mol. The maximum Gasteiger partial charge on any atom is 0.314 e. The van der Waals surface area contributed by atoms with Gasteiger partial charge in [0.25, 0.3) is 5.91 Å². The minimum Gasteiger partial charge on any atom is -0.493 e. The average Bonchev–Trinajstić information content (AvgIpc) is 2.61. The number of hydrogen-bond donors (Lipinski definition) is 2. The SMILES string of the molecule is CCCOc1ccccc1C(=O)N1CC[C@@H](O)[C@](CCC)(C(=O)O)C1. The summed E-state index contributed by atoms with van der Waals surface area (Å²) in [5.41, 5.74) is -0.870. The largest absolute Gasteiger partial charge is 0.493 e. The van der Waals surface area contributed by atoms with Gasteiger partial charge in [0, 0.05) is 13.1 Å². The molecule has 2 atom stereocenters. The van der Waals surface area contributed by atoms with E-state index < -0.39 is 17.5 Å². The Morgan fingerprint density at radius 2 is 2.00 bits per heavy atom. The van der Waals surface area contributed by atoms with Gasteiger partial charge in [-0.2, -0.15) is 0 Å². The smallest absolute Gasteiger partial charge is 0.314 e. The summed E-state index contributed by atoms with van der Waals surface area (Å²) in [5.74, 6) is -0.785. The van der Waals surface area contributed by atoms with Crippen LogP contribution in [0.1, 0.15) is 49.9 Å². The maximum absolute atomic E-state index is 13.0. The number of ether oxygens (including phenoxy) is 1. The third-order valence-corrected chi connectivity index (χ3v) is 4.77. The number of aliphatic hydroxyl groups excluding tert-OH is 1. The normalized spacial score (nSPS) is 23.3. The lowest BCUT2D eigenvalue weighted by molar-refractivity contribution is -0.162. The summed E-state index contributed by atoms with van der Waals surface area (Å²) >= 11 is 0. The van der Waals surface area contributed by atoms with E-state index in [1.54, 1.807) is 24.3 Å². The Balaban J connectivity index is 2.27. The zero-order valence-electron chi connectivity index (χ0n) is 14.9. The number of aliphatic hydroxyl groups is 1. The van der Waals surface area contributed by atoms with Crippen LogP contribution in [0.15, 0.2) is 24.3 Å². The maximum atomic E-state index is 13.0. The quantitative estimate of drug-likeness (QED) is 0.790. The highest BCUT2D eigenvalue weighted by Crippen LogP contribution is 2.36. The number of carbonyl (C=O) groups is 2. The summed E-state index contributed by atoms with van der Waals surface area (Å²) in [6.07, 6.45) is 1.11. The van der Waals surface area contributed by atoms with Gasteiger partial charge in [0.1, 0.15) is 11.2 Å². The van der Waals surface area contributed by atoms with Crippen LogP contribution in [-0.2, 0) is 4.79 Å². The molecular formula is C19H27NO5. The third-order valence-electron chi connectivity index (χ3n) is 4.77. The number of likely N-dealkylation sites (tertiary alicyclic amines) is 1. The van der Waals surface area contributed by atoms with E-state index in [1.165, 1.54) is 4.90 Å². The van der Waals surface area contributed by atoms with Crippen LogP contribution in [0.4, 0.5) is 0 Å². The highest BCUT2D eigenvalue weighted by Gasteiger charge is 2.49. The molecule has 2 rings (SSSR count). The van der Waals surface area contributed by atoms with Gasteiger partial charge < -0.3 is 19.8 Å². The summed E-state index contributed by atoms with van der Waals surface area (Å²) in [5, 5.41) is 20.0. The van der Waals surface area contributed by atoms with Crippen molar-refractivity contribution in [3.8, 4) is 5.75 Å². The molecule has 2 N–H and O–H groups in total. The fourth-order valence-corrected chi connectivity index (χ4v) is 3.41. The van der Waals surface area contributed by atoms with Crippen molar-refractivity contribution in [3.63, 3.8) is 0 Å². The topological polar surface area (TPSA) is 87.1 Å². The number of nitrogens with zero attached hydrogens (tertiary/aromatic N) is 1. The number of piperidine rings is 1. The minimum atomic E-state index is -1.30. The third kappa shape index (κ3) is 3.95. The van der Waals surface area contributed by atoms with Gasteiger partial charge in [-0.15, -0.1) is 0 Å². The van der Waals surface area contributed by atoms with Crippen molar-refractivity contribution in [3.05, 3.63) is 29.8 Å². The number of hydrogen-bond acceptors (Lipinski definition) is 4. The van der Waals surface area contributed by atoms with E-state index in [9.17, 15) is 19.8 Å². The Morgan fingerprint density at radius 3 is 2.64 bits per heavy atom. The molecule has 1 amide bonds. The fourth-order valence-electron chi connectivity index (χ4n) is 3.41. The first kappa shape index (κ1) is 19.2. The molecule has 1 fully saturated rings. The predicted molar refractivity (Wildman–Crippen MR) is 93.7 cm³/mol. The van der Waals surface area contributed by atoms with Crippen LogP contribution < -0.4 is 4.74 Å². The zero-order chi connectivity index (χ0) is 18.4. The van der Waals surface area contributed by atoms with Gasteiger partial charge in [0.15, 0.2) is 0 Å². The van der Waals surface area contributed by atoms with Crippen LogP contribution in [0, 0.1) is 5.41 Å². The van der Waals surface area contributed by atoms with Gasteiger partial charge in [-0.05, 0) is 31.4 Å². The Kier molecular flexibility index (Phi) is 6.42. The van der Waals surface area contributed by atoms with Gasteiger partial charge in [0.2, 0.25) is 0 Å². The molecule has 1 aromatic rings. The average molecular weight is 349 g/mol.